The number of fused-ring (bicyclic) bond motifs is 4. The number of methoxy groups -OCH3 is 1. The Morgan fingerprint density at radius 3 is 2.59 bits per heavy atom. The molecule has 0 aliphatic carbocycles. The summed E-state index contributed by atoms with van der Waals surface area (Å²) in [6.07, 6.45) is 3.66. The topological polar surface area (TPSA) is 83.8 Å². The van der Waals surface area contributed by atoms with Crippen molar-refractivity contribution in [2.45, 2.75) is 38.6 Å². The van der Waals surface area contributed by atoms with Crippen LogP contribution in [0.3, 0.4) is 0 Å². The Labute approximate surface area is 217 Å². The first-order valence-electron chi connectivity index (χ1n) is 12.7. The molecule has 2 aromatic carbocycles. The van der Waals surface area contributed by atoms with Gasteiger partial charge in [-0.2, -0.15) is 0 Å². The number of aromatic nitrogens is 1. The molecule has 37 heavy (non-hydrogen) atoms. The van der Waals surface area contributed by atoms with Crippen molar-refractivity contribution < 1.29 is 14.6 Å². The molecule has 1 fully saturated rings. The number of rotatable bonds is 8. The van der Waals surface area contributed by atoms with Crippen LogP contribution in [-0.4, -0.2) is 40.2 Å². The molecule has 2 aliphatic rings. The SMILES string of the molecule is C/C=C/c1ccc2n(c1=O)C[C@@H]1[C@@H](CO)[C@H](C(=O)NCc3ccccc3)[C@H]2N1Cc1ccccc1OC. The lowest BCUT2D eigenvalue weighted by Gasteiger charge is -2.38. The maximum Gasteiger partial charge on any atom is 0.258 e. The number of pyridine rings is 1. The molecule has 0 radical (unpaired) electrons. The molecule has 2 bridgehead atoms. The lowest BCUT2D eigenvalue weighted by Crippen LogP contribution is -2.46. The Hall–Kier alpha value is -3.68. The van der Waals surface area contributed by atoms with Crippen molar-refractivity contribution in [1.82, 2.24) is 14.8 Å². The van der Waals surface area contributed by atoms with Crippen LogP contribution >= 0.6 is 0 Å². The van der Waals surface area contributed by atoms with E-state index >= 15 is 0 Å². The van der Waals surface area contributed by atoms with Gasteiger partial charge in [-0.3, -0.25) is 14.5 Å². The summed E-state index contributed by atoms with van der Waals surface area (Å²) >= 11 is 0. The average molecular weight is 500 g/mol. The van der Waals surface area contributed by atoms with E-state index in [4.69, 9.17) is 4.74 Å². The first-order valence-corrected chi connectivity index (χ1v) is 12.7. The molecule has 1 aromatic heterocycles. The van der Waals surface area contributed by atoms with Crippen molar-refractivity contribution in [1.29, 1.82) is 0 Å². The van der Waals surface area contributed by atoms with Gasteiger partial charge in [0.05, 0.1) is 19.1 Å². The highest BCUT2D eigenvalue weighted by molar-refractivity contribution is 5.80. The van der Waals surface area contributed by atoms with E-state index in [1.165, 1.54) is 0 Å². The second kappa shape index (κ2) is 10.7. The predicted octanol–water partition coefficient (Wildman–Crippen LogP) is 3.37. The molecule has 7 heteroatoms. The van der Waals surface area contributed by atoms with E-state index in [2.05, 4.69) is 10.2 Å². The summed E-state index contributed by atoms with van der Waals surface area (Å²) in [7, 11) is 1.65. The maximum atomic E-state index is 13.7. The fourth-order valence-corrected chi connectivity index (χ4v) is 6.00. The first kappa shape index (κ1) is 25.0. The molecule has 7 nitrogen and oxygen atoms in total. The van der Waals surface area contributed by atoms with Crippen molar-refractivity contribution >= 4 is 12.0 Å². The Bertz CT molecular complexity index is 1350. The second-order valence-corrected chi connectivity index (χ2v) is 9.70. The van der Waals surface area contributed by atoms with Crippen molar-refractivity contribution in [3.05, 3.63) is 106 Å². The van der Waals surface area contributed by atoms with Crippen molar-refractivity contribution in [3.63, 3.8) is 0 Å². The average Bonchev–Trinajstić information content (AvgIpc) is 3.13. The minimum atomic E-state index is -0.505. The van der Waals surface area contributed by atoms with Gasteiger partial charge < -0.3 is 19.7 Å². The molecule has 0 spiro atoms. The van der Waals surface area contributed by atoms with Crippen molar-refractivity contribution in [3.8, 4) is 5.75 Å². The lowest BCUT2D eigenvalue weighted by atomic mass is 9.86. The molecular formula is C30H33N3O4. The van der Waals surface area contributed by atoms with Crippen LogP contribution < -0.4 is 15.6 Å². The standard InChI is InChI=1S/C30H33N3O4/c1-3-9-21-14-15-24-28-27(29(35)31-16-20-10-5-4-6-11-20)23(19-34)25(18-33(24)30(21)36)32(28)17-22-12-7-8-13-26(22)37-2/h3-15,23,25,27-28,34H,16-19H2,1-2H3,(H,31,35)/b9-3+/t23-,25-,27+,28+/m1/s1. The van der Waals surface area contributed by atoms with Gasteiger partial charge in [0.1, 0.15) is 5.75 Å². The van der Waals surface area contributed by atoms with Gasteiger partial charge in [0.2, 0.25) is 5.91 Å². The van der Waals surface area contributed by atoms with Gasteiger partial charge in [-0.1, -0.05) is 60.7 Å². The minimum Gasteiger partial charge on any atom is -0.496 e. The molecule has 3 aromatic rings. The number of hydrogen-bond donors (Lipinski definition) is 2. The third-order valence-electron chi connectivity index (χ3n) is 7.70. The molecule has 2 N–H and O–H groups in total. The number of allylic oxidation sites excluding steroid dienone is 1. The zero-order valence-electron chi connectivity index (χ0n) is 21.2. The van der Waals surface area contributed by atoms with Gasteiger partial charge >= 0.3 is 0 Å². The fourth-order valence-electron chi connectivity index (χ4n) is 6.00. The number of amides is 1. The van der Waals surface area contributed by atoms with Gasteiger partial charge in [0, 0.05) is 55.0 Å². The number of hydrogen-bond acceptors (Lipinski definition) is 5. The van der Waals surface area contributed by atoms with Gasteiger partial charge in [0.15, 0.2) is 0 Å². The molecule has 1 saturated heterocycles. The van der Waals surface area contributed by atoms with E-state index in [1.807, 2.05) is 85.8 Å². The molecule has 1 amide bonds. The smallest absolute Gasteiger partial charge is 0.258 e. The summed E-state index contributed by atoms with van der Waals surface area (Å²) in [5, 5.41) is 13.7. The number of ether oxygens (including phenoxy) is 1. The summed E-state index contributed by atoms with van der Waals surface area (Å²) in [5.41, 5.74) is 3.37. The maximum absolute atomic E-state index is 13.7. The zero-order valence-corrected chi connectivity index (χ0v) is 21.2. The number of carbonyl (C=O) groups excluding carboxylic acids is 1. The van der Waals surface area contributed by atoms with E-state index in [1.54, 1.807) is 11.7 Å². The van der Waals surface area contributed by atoms with Gasteiger partial charge in [-0.15, -0.1) is 0 Å². The summed E-state index contributed by atoms with van der Waals surface area (Å²) in [6.45, 7) is 3.11. The van der Waals surface area contributed by atoms with Gasteiger partial charge in [0.25, 0.3) is 5.56 Å². The summed E-state index contributed by atoms with van der Waals surface area (Å²) in [6, 6.07) is 20.9. The van der Waals surface area contributed by atoms with Crippen LogP contribution in [0.2, 0.25) is 0 Å². The fraction of sp³-hybridized carbons (Fsp3) is 0.333. The number of nitrogens with one attached hydrogen (secondary N) is 1. The number of para-hydroxylation sites is 1. The Morgan fingerprint density at radius 1 is 1.11 bits per heavy atom. The molecule has 3 heterocycles. The van der Waals surface area contributed by atoms with Crippen LogP contribution in [0.5, 0.6) is 5.75 Å². The normalized spacial score (nSPS) is 22.7. The quantitative estimate of drug-likeness (QED) is 0.497. The van der Waals surface area contributed by atoms with E-state index in [0.29, 0.717) is 25.2 Å². The van der Waals surface area contributed by atoms with Crippen LogP contribution in [0.1, 0.15) is 35.3 Å². The van der Waals surface area contributed by atoms with Crippen molar-refractivity contribution in [2.24, 2.45) is 11.8 Å². The van der Waals surface area contributed by atoms with E-state index in [0.717, 1.165) is 22.6 Å². The Kier molecular flexibility index (Phi) is 7.26. The molecule has 0 saturated carbocycles. The molecule has 4 atom stereocenters. The van der Waals surface area contributed by atoms with E-state index in [-0.39, 0.29) is 36.1 Å². The Morgan fingerprint density at radius 2 is 1.86 bits per heavy atom. The minimum absolute atomic E-state index is 0.0652. The van der Waals surface area contributed by atoms with Gasteiger partial charge in [-0.05, 0) is 30.7 Å². The predicted molar refractivity (Wildman–Crippen MR) is 143 cm³/mol. The van der Waals surface area contributed by atoms with Gasteiger partial charge in [-0.25, -0.2) is 0 Å². The Balaban J connectivity index is 1.55. The third kappa shape index (κ3) is 4.61. The van der Waals surface area contributed by atoms with E-state index < -0.39 is 5.92 Å². The zero-order chi connectivity index (χ0) is 25.9. The van der Waals surface area contributed by atoms with Crippen LogP contribution in [0.4, 0.5) is 0 Å². The second-order valence-electron chi connectivity index (χ2n) is 9.70. The summed E-state index contributed by atoms with van der Waals surface area (Å²) in [4.78, 5) is 29.4. The first-order chi connectivity index (χ1) is 18.1. The van der Waals surface area contributed by atoms with E-state index in [9.17, 15) is 14.7 Å². The number of nitrogens with zero attached hydrogens (tertiary/aromatic N) is 2. The van der Waals surface area contributed by atoms with Crippen LogP contribution in [0.15, 0.2) is 77.6 Å². The number of aliphatic hydroxyl groups is 1. The molecule has 2 aliphatic heterocycles. The third-order valence-corrected chi connectivity index (χ3v) is 7.70. The lowest BCUT2D eigenvalue weighted by molar-refractivity contribution is -0.127. The van der Waals surface area contributed by atoms with Crippen molar-refractivity contribution in [2.75, 3.05) is 13.7 Å². The summed E-state index contributed by atoms with van der Waals surface area (Å²) in [5.74, 6) is -0.160. The number of benzene rings is 2. The van der Waals surface area contributed by atoms with Crippen LogP contribution in [0.25, 0.3) is 6.08 Å². The number of carbonyl (C=O) groups is 1. The molecule has 5 rings (SSSR count). The highest BCUT2D eigenvalue weighted by Crippen LogP contribution is 2.49. The van der Waals surface area contributed by atoms with Crippen LogP contribution in [0, 0.1) is 11.8 Å². The highest BCUT2D eigenvalue weighted by atomic mass is 16.5. The molecule has 0 unspecified atom stereocenters. The number of aliphatic hydroxyl groups excluding tert-OH is 1. The highest BCUT2D eigenvalue weighted by Gasteiger charge is 2.55. The summed E-state index contributed by atoms with van der Waals surface area (Å²) < 4.78 is 7.41. The van der Waals surface area contributed by atoms with Crippen LogP contribution in [-0.2, 0) is 24.4 Å². The largest absolute Gasteiger partial charge is 0.496 e. The monoisotopic (exact) mass is 499 g/mol. The molecular weight excluding hydrogens is 466 g/mol. The molecule has 192 valence electrons.